The quantitative estimate of drug-likeness (QED) is 0.329. The summed E-state index contributed by atoms with van der Waals surface area (Å²) in [6.07, 6.45) is -1.70. The second kappa shape index (κ2) is 16.1. The third-order valence-electron chi connectivity index (χ3n) is 7.47. The molecule has 0 saturated carbocycles. The number of carboxylic acids is 1. The molecular formula is C34H38F3N3O5. The van der Waals surface area contributed by atoms with Crippen LogP contribution in [0, 0.1) is 0 Å². The van der Waals surface area contributed by atoms with Crippen LogP contribution in [-0.4, -0.2) is 58.9 Å². The number of fused-ring (bicyclic) bond motifs is 1. The summed E-state index contributed by atoms with van der Waals surface area (Å²) in [7, 11) is 0. The number of aryl methyl sites for hydroxylation is 1. The highest BCUT2D eigenvalue weighted by Gasteiger charge is 2.30. The van der Waals surface area contributed by atoms with Gasteiger partial charge in [-0.05, 0) is 60.6 Å². The Morgan fingerprint density at radius 1 is 0.911 bits per heavy atom. The number of nitrogens with zero attached hydrogens (tertiary/aromatic N) is 2. The normalized spacial score (nSPS) is 15.0. The van der Waals surface area contributed by atoms with Crippen LogP contribution in [0.1, 0.15) is 53.5 Å². The Balaban J connectivity index is 1.51. The Labute approximate surface area is 260 Å². The highest BCUT2D eigenvalue weighted by atomic mass is 19.4. The highest BCUT2D eigenvalue weighted by molar-refractivity contribution is 5.81. The van der Waals surface area contributed by atoms with E-state index in [9.17, 15) is 32.7 Å². The SMILES string of the molecule is O=C(O)CN(Cc1cccc(C(F)(F)F)c1)C(=O)CCc1ccc2c(c1)CN(Cc1ccccc1)CC(=O)NCCCCCO2. The molecule has 1 aliphatic heterocycles. The molecule has 1 heterocycles. The Kier molecular flexibility index (Phi) is 12.0. The third kappa shape index (κ3) is 10.9. The number of amides is 2. The molecule has 0 spiro atoms. The standard InChI is InChI=1S/C34H38F3N3O5/c35-34(36,37)29-11-7-10-27(19-29)21-40(24-33(43)44)32(42)15-13-25-12-14-30-28(18-25)22-39(20-26-8-3-1-4-9-26)23-31(41)38-16-5-2-6-17-45-30/h1,3-4,7-12,14,18-19H,2,5-6,13,15-17,20-24H2,(H,38,41)(H,43,44). The van der Waals surface area contributed by atoms with Crippen LogP contribution in [0.25, 0.3) is 0 Å². The monoisotopic (exact) mass is 625 g/mol. The molecule has 2 N–H and O–H groups in total. The van der Waals surface area contributed by atoms with E-state index >= 15 is 0 Å². The van der Waals surface area contributed by atoms with E-state index in [1.54, 1.807) is 0 Å². The van der Waals surface area contributed by atoms with Gasteiger partial charge in [0.15, 0.2) is 0 Å². The summed E-state index contributed by atoms with van der Waals surface area (Å²) in [5.41, 5.74) is 2.05. The lowest BCUT2D eigenvalue weighted by Gasteiger charge is -2.24. The first-order valence-electron chi connectivity index (χ1n) is 15.0. The van der Waals surface area contributed by atoms with Gasteiger partial charge >= 0.3 is 12.1 Å². The number of carboxylic acid groups (broad SMARTS) is 1. The van der Waals surface area contributed by atoms with Crippen LogP contribution < -0.4 is 10.1 Å². The molecule has 11 heteroatoms. The fourth-order valence-electron chi connectivity index (χ4n) is 5.25. The van der Waals surface area contributed by atoms with Crippen LogP contribution in [0.3, 0.4) is 0 Å². The molecular weight excluding hydrogens is 587 g/mol. The van der Waals surface area contributed by atoms with Crippen LogP contribution in [0.15, 0.2) is 72.8 Å². The predicted octanol–water partition coefficient (Wildman–Crippen LogP) is 5.43. The third-order valence-corrected chi connectivity index (χ3v) is 7.47. The van der Waals surface area contributed by atoms with Crippen LogP contribution >= 0.6 is 0 Å². The lowest BCUT2D eigenvalue weighted by molar-refractivity contribution is -0.145. The Hall–Kier alpha value is -4.38. The van der Waals surface area contributed by atoms with Crippen molar-refractivity contribution in [2.75, 3.05) is 26.2 Å². The van der Waals surface area contributed by atoms with E-state index in [0.29, 0.717) is 32.0 Å². The van der Waals surface area contributed by atoms with Gasteiger partial charge in [-0.25, -0.2) is 0 Å². The van der Waals surface area contributed by atoms with Gasteiger partial charge in [0.05, 0.1) is 18.7 Å². The lowest BCUT2D eigenvalue weighted by atomic mass is 10.0. The molecule has 0 unspecified atom stereocenters. The van der Waals surface area contributed by atoms with Crippen molar-refractivity contribution in [3.63, 3.8) is 0 Å². The Morgan fingerprint density at radius 2 is 1.69 bits per heavy atom. The molecule has 0 fully saturated rings. The molecule has 2 amide bonds. The zero-order valence-corrected chi connectivity index (χ0v) is 25.0. The summed E-state index contributed by atoms with van der Waals surface area (Å²) in [5.74, 6) is -1.11. The van der Waals surface area contributed by atoms with Crippen molar-refractivity contribution in [2.45, 2.75) is 57.9 Å². The Bertz CT molecular complexity index is 1450. The zero-order chi connectivity index (χ0) is 32.2. The summed E-state index contributed by atoms with van der Waals surface area (Å²) < 4.78 is 45.7. The van der Waals surface area contributed by atoms with Gasteiger partial charge in [0.2, 0.25) is 11.8 Å². The van der Waals surface area contributed by atoms with Crippen molar-refractivity contribution in [3.05, 3.63) is 101 Å². The molecule has 3 aromatic rings. The molecule has 0 aliphatic carbocycles. The summed E-state index contributed by atoms with van der Waals surface area (Å²) >= 11 is 0. The van der Waals surface area contributed by atoms with Crippen LogP contribution in [0.5, 0.6) is 5.75 Å². The number of alkyl halides is 3. The van der Waals surface area contributed by atoms with E-state index in [4.69, 9.17) is 4.74 Å². The zero-order valence-electron chi connectivity index (χ0n) is 25.0. The molecule has 3 aromatic carbocycles. The second-order valence-corrected chi connectivity index (χ2v) is 11.2. The number of ether oxygens (including phenoxy) is 1. The first kappa shape index (κ1) is 33.5. The number of aliphatic carboxylic acids is 1. The molecule has 4 rings (SSSR count). The Morgan fingerprint density at radius 3 is 2.44 bits per heavy atom. The van der Waals surface area contributed by atoms with E-state index in [1.807, 2.05) is 53.4 Å². The molecule has 1 aliphatic rings. The van der Waals surface area contributed by atoms with Crippen molar-refractivity contribution in [1.82, 2.24) is 15.1 Å². The van der Waals surface area contributed by atoms with Crippen molar-refractivity contribution in [3.8, 4) is 5.75 Å². The first-order valence-corrected chi connectivity index (χ1v) is 15.0. The predicted molar refractivity (Wildman–Crippen MR) is 162 cm³/mol. The number of halogens is 3. The van der Waals surface area contributed by atoms with Gasteiger partial charge in [-0.3, -0.25) is 19.3 Å². The second-order valence-electron chi connectivity index (χ2n) is 11.2. The molecule has 0 radical (unpaired) electrons. The van der Waals surface area contributed by atoms with E-state index in [0.717, 1.165) is 53.0 Å². The number of rotatable bonds is 9. The minimum Gasteiger partial charge on any atom is -0.493 e. The van der Waals surface area contributed by atoms with Gasteiger partial charge < -0.3 is 20.1 Å². The van der Waals surface area contributed by atoms with Gasteiger partial charge in [0.1, 0.15) is 12.3 Å². The van der Waals surface area contributed by atoms with E-state index < -0.39 is 30.2 Å². The van der Waals surface area contributed by atoms with E-state index in [1.165, 1.54) is 12.1 Å². The minimum atomic E-state index is -4.55. The van der Waals surface area contributed by atoms with Crippen LogP contribution in [0.4, 0.5) is 13.2 Å². The number of hydrogen-bond acceptors (Lipinski definition) is 5. The van der Waals surface area contributed by atoms with Gasteiger partial charge in [-0.2, -0.15) is 13.2 Å². The summed E-state index contributed by atoms with van der Waals surface area (Å²) in [5, 5.41) is 12.4. The molecule has 0 bridgehead atoms. The topological polar surface area (TPSA) is 99.2 Å². The van der Waals surface area contributed by atoms with Crippen molar-refractivity contribution < 1.29 is 37.4 Å². The molecule has 8 nitrogen and oxygen atoms in total. The summed E-state index contributed by atoms with van der Waals surface area (Å²) in [6, 6.07) is 20.0. The van der Waals surface area contributed by atoms with E-state index in [-0.39, 0.29) is 37.4 Å². The van der Waals surface area contributed by atoms with Crippen LogP contribution in [-0.2, 0) is 46.6 Å². The van der Waals surface area contributed by atoms with Crippen LogP contribution in [0.2, 0.25) is 0 Å². The minimum absolute atomic E-state index is 0.0397. The molecule has 45 heavy (non-hydrogen) atoms. The van der Waals surface area contributed by atoms with Gasteiger partial charge in [0.25, 0.3) is 0 Å². The van der Waals surface area contributed by atoms with Crippen molar-refractivity contribution in [1.29, 1.82) is 0 Å². The largest absolute Gasteiger partial charge is 0.493 e. The molecule has 0 atom stereocenters. The number of carbonyl (C=O) groups excluding carboxylic acids is 2. The smallest absolute Gasteiger partial charge is 0.416 e. The fourth-order valence-corrected chi connectivity index (χ4v) is 5.25. The van der Waals surface area contributed by atoms with Crippen molar-refractivity contribution >= 4 is 17.8 Å². The summed E-state index contributed by atoms with van der Waals surface area (Å²) in [6.45, 7) is 1.38. The maximum absolute atomic E-state index is 13.2. The average Bonchev–Trinajstić information content (AvgIpc) is 3.01. The number of hydrogen-bond donors (Lipinski definition) is 2. The van der Waals surface area contributed by atoms with E-state index in [2.05, 4.69) is 5.32 Å². The number of carbonyl (C=O) groups is 3. The molecule has 0 saturated heterocycles. The number of nitrogens with one attached hydrogen (secondary N) is 1. The van der Waals surface area contributed by atoms with Crippen molar-refractivity contribution in [2.24, 2.45) is 0 Å². The maximum atomic E-state index is 13.2. The molecule has 240 valence electrons. The lowest BCUT2D eigenvalue weighted by Crippen LogP contribution is -2.37. The van der Waals surface area contributed by atoms with Gasteiger partial charge in [0, 0.05) is 38.2 Å². The first-order chi connectivity index (χ1) is 21.6. The average molecular weight is 626 g/mol. The maximum Gasteiger partial charge on any atom is 0.416 e. The number of benzene rings is 3. The molecule has 0 aromatic heterocycles. The fraction of sp³-hybridized carbons (Fsp3) is 0.382. The van der Waals surface area contributed by atoms with Gasteiger partial charge in [-0.1, -0.05) is 54.6 Å². The van der Waals surface area contributed by atoms with Gasteiger partial charge in [-0.15, -0.1) is 0 Å². The summed E-state index contributed by atoms with van der Waals surface area (Å²) in [4.78, 5) is 40.5. The highest BCUT2D eigenvalue weighted by Crippen LogP contribution is 2.30.